The van der Waals surface area contributed by atoms with E-state index in [4.69, 9.17) is 27.9 Å². The van der Waals surface area contributed by atoms with Crippen LogP contribution in [0.4, 0.5) is 4.39 Å². The van der Waals surface area contributed by atoms with Gasteiger partial charge in [0.15, 0.2) is 5.67 Å². The number of halogens is 3. The van der Waals surface area contributed by atoms with E-state index in [2.05, 4.69) is 4.98 Å². The minimum atomic E-state index is -1.70. The van der Waals surface area contributed by atoms with Gasteiger partial charge in [0.25, 0.3) is 0 Å². The van der Waals surface area contributed by atoms with Gasteiger partial charge in [-0.2, -0.15) is 0 Å². The topological polar surface area (TPSA) is 27.1 Å². The molecule has 0 aliphatic heterocycles. The zero-order valence-electron chi connectivity index (χ0n) is 13.4. The van der Waals surface area contributed by atoms with Crippen molar-refractivity contribution in [2.24, 2.45) is 0 Å². The Balaban J connectivity index is 1.73. The fourth-order valence-corrected chi connectivity index (χ4v) is 2.80. The first-order valence-corrected chi connectivity index (χ1v) is 8.54. The zero-order valence-corrected chi connectivity index (χ0v) is 14.9. The number of alkyl halides is 1. The molecule has 1 atom stereocenters. The standard InChI is InChI=1S/C19H17Cl2FN2O/c20-17-5-1-15(2-6-17)11-25-13-19(22,12-24-10-9-23-14-24)16-3-7-18(21)8-4-16/h1-10,14H,11-13H2. The Morgan fingerprint density at radius 3 is 2.24 bits per heavy atom. The molecule has 1 heterocycles. The first kappa shape index (κ1) is 17.9. The lowest BCUT2D eigenvalue weighted by atomic mass is 9.96. The molecular formula is C19H17Cl2FN2O. The molecule has 0 fully saturated rings. The minimum Gasteiger partial charge on any atom is -0.373 e. The van der Waals surface area contributed by atoms with E-state index in [0.29, 0.717) is 22.2 Å². The number of ether oxygens (including phenoxy) is 1. The fourth-order valence-electron chi connectivity index (χ4n) is 2.55. The summed E-state index contributed by atoms with van der Waals surface area (Å²) in [6, 6.07) is 14.0. The van der Waals surface area contributed by atoms with Gasteiger partial charge >= 0.3 is 0 Å². The van der Waals surface area contributed by atoms with Gasteiger partial charge < -0.3 is 9.30 Å². The summed E-state index contributed by atoms with van der Waals surface area (Å²) in [6.45, 7) is 0.324. The number of imidazole rings is 1. The molecule has 1 unspecified atom stereocenters. The number of nitrogens with zero attached hydrogens (tertiary/aromatic N) is 2. The molecule has 0 aliphatic rings. The Hall–Kier alpha value is -1.88. The SMILES string of the molecule is FC(COCc1ccc(Cl)cc1)(Cn1ccnc1)c1ccc(Cl)cc1. The molecule has 0 spiro atoms. The van der Waals surface area contributed by atoms with Gasteiger partial charge in [-0.05, 0) is 35.4 Å². The Bertz CT molecular complexity index is 791. The minimum absolute atomic E-state index is 0.0879. The summed E-state index contributed by atoms with van der Waals surface area (Å²) in [4.78, 5) is 3.97. The molecule has 130 valence electrons. The number of aromatic nitrogens is 2. The maximum absolute atomic E-state index is 15.7. The average molecular weight is 379 g/mol. The van der Waals surface area contributed by atoms with E-state index in [1.54, 1.807) is 59.7 Å². The molecule has 0 bridgehead atoms. The Morgan fingerprint density at radius 2 is 1.64 bits per heavy atom. The van der Waals surface area contributed by atoms with Crippen molar-refractivity contribution in [3.05, 3.63) is 88.4 Å². The molecule has 3 rings (SSSR count). The molecular weight excluding hydrogens is 362 g/mol. The highest BCUT2D eigenvalue weighted by Crippen LogP contribution is 2.30. The van der Waals surface area contributed by atoms with Gasteiger partial charge in [0.2, 0.25) is 0 Å². The predicted octanol–water partition coefficient (Wildman–Crippen LogP) is 5.27. The number of hydrogen-bond acceptors (Lipinski definition) is 2. The molecule has 1 aromatic heterocycles. The van der Waals surface area contributed by atoms with Gasteiger partial charge in [-0.3, -0.25) is 0 Å². The monoisotopic (exact) mass is 378 g/mol. The first-order chi connectivity index (χ1) is 12.0. The van der Waals surface area contributed by atoms with E-state index in [1.165, 1.54) is 0 Å². The van der Waals surface area contributed by atoms with E-state index in [-0.39, 0.29) is 13.2 Å². The highest BCUT2D eigenvalue weighted by Gasteiger charge is 2.33. The first-order valence-electron chi connectivity index (χ1n) is 7.78. The second-order valence-corrected chi connectivity index (χ2v) is 6.70. The molecule has 0 saturated carbocycles. The number of benzene rings is 2. The van der Waals surface area contributed by atoms with Gasteiger partial charge in [-0.15, -0.1) is 0 Å². The van der Waals surface area contributed by atoms with Gasteiger partial charge in [0.05, 0.1) is 26.1 Å². The van der Waals surface area contributed by atoms with Crippen molar-refractivity contribution in [2.45, 2.75) is 18.8 Å². The molecule has 0 radical (unpaired) electrons. The van der Waals surface area contributed by atoms with Crippen LogP contribution < -0.4 is 0 Å². The normalized spacial score (nSPS) is 13.6. The third-order valence-electron chi connectivity index (χ3n) is 3.87. The smallest absolute Gasteiger partial charge is 0.176 e. The maximum Gasteiger partial charge on any atom is 0.176 e. The van der Waals surface area contributed by atoms with E-state index in [9.17, 15) is 0 Å². The quantitative estimate of drug-likeness (QED) is 0.559. The van der Waals surface area contributed by atoms with Gasteiger partial charge in [-0.1, -0.05) is 47.5 Å². The van der Waals surface area contributed by atoms with E-state index in [0.717, 1.165) is 5.56 Å². The third-order valence-corrected chi connectivity index (χ3v) is 4.37. The van der Waals surface area contributed by atoms with Crippen LogP contribution in [0.25, 0.3) is 0 Å². The van der Waals surface area contributed by atoms with Crippen LogP contribution in [0.1, 0.15) is 11.1 Å². The molecule has 0 amide bonds. The summed E-state index contributed by atoms with van der Waals surface area (Å²) in [7, 11) is 0. The highest BCUT2D eigenvalue weighted by molar-refractivity contribution is 6.30. The van der Waals surface area contributed by atoms with E-state index in [1.807, 2.05) is 12.1 Å². The highest BCUT2D eigenvalue weighted by atomic mass is 35.5. The van der Waals surface area contributed by atoms with Crippen molar-refractivity contribution in [1.82, 2.24) is 9.55 Å². The lowest BCUT2D eigenvalue weighted by Crippen LogP contribution is -2.32. The van der Waals surface area contributed by atoms with Crippen molar-refractivity contribution in [3.8, 4) is 0 Å². The molecule has 3 aromatic rings. The van der Waals surface area contributed by atoms with Crippen LogP contribution in [0, 0.1) is 0 Å². The van der Waals surface area contributed by atoms with Crippen molar-refractivity contribution < 1.29 is 9.13 Å². The number of rotatable bonds is 7. The summed E-state index contributed by atoms with van der Waals surface area (Å²) >= 11 is 11.8. The molecule has 0 aliphatic carbocycles. The maximum atomic E-state index is 15.7. The largest absolute Gasteiger partial charge is 0.373 e. The second kappa shape index (κ2) is 8.00. The molecule has 3 nitrogen and oxygen atoms in total. The predicted molar refractivity (Wildman–Crippen MR) is 97.6 cm³/mol. The molecule has 0 saturated heterocycles. The van der Waals surface area contributed by atoms with Crippen molar-refractivity contribution in [3.63, 3.8) is 0 Å². The molecule has 25 heavy (non-hydrogen) atoms. The van der Waals surface area contributed by atoms with Crippen molar-refractivity contribution >= 4 is 23.2 Å². The lowest BCUT2D eigenvalue weighted by molar-refractivity contribution is -0.00687. The van der Waals surface area contributed by atoms with Crippen LogP contribution in [0.15, 0.2) is 67.3 Å². The Labute approximate surface area is 156 Å². The molecule has 0 N–H and O–H groups in total. The summed E-state index contributed by atoms with van der Waals surface area (Å²) < 4.78 is 23.1. The molecule has 6 heteroatoms. The van der Waals surface area contributed by atoms with Crippen LogP contribution in [-0.4, -0.2) is 16.2 Å². The second-order valence-electron chi connectivity index (χ2n) is 5.83. The van der Waals surface area contributed by atoms with Crippen LogP contribution in [-0.2, 0) is 23.6 Å². The van der Waals surface area contributed by atoms with E-state index >= 15 is 4.39 Å². The van der Waals surface area contributed by atoms with Crippen molar-refractivity contribution in [2.75, 3.05) is 6.61 Å². The van der Waals surface area contributed by atoms with E-state index < -0.39 is 5.67 Å². The average Bonchev–Trinajstić information content (AvgIpc) is 3.10. The zero-order chi connectivity index (χ0) is 17.7. The van der Waals surface area contributed by atoms with Gasteiger partial charge in [-0.25, -0.2) is 9.37 Å². The van der Waals surface area contributed by atoms with Crippen LogP contribution in [0.5, 0.6) is 0 Å². The molecule has 2 aromatic carbocycles. The fraction of sp³-hybridized carbons (Fsp3) is 0.211. The van der Waals surface area contributed by atoms with Crippen LogP contribution in [0.2, 0.25) is 10.0 Å². The summed E-state index contributed by atoms with van der Waals surface area (Å²) in [6.07, 6.45) is 4.93. The third kappa shape index (κ3) is 4.82. The Kier molecular flexibility index (Phi) is 5.74. The van der Waals surface area contributed by atoms with Crippen LogP contribution in [0.3, 0.4) is 0 Å². The van der Waals surface area contributed by atoms with Gasteiger partial charge in [0, 0.05) is 22.4 Å². The van der Waals surface area contributed by atoms with Gasteiger partial charge in [0.1, 0.15) is 0 Å². The van der Waals surface area contributed by atoms with Crippen molar-refractivity contribution in [1.29, 1.82) is 0 Å². The number of hydrogen-bond donors (Lipinski definition) is 0. The lowest BCUT2D eigenvalue weighted by Gasteiger charge is -2.26. The Morgan fingerprint density at radius 1 is 1.00 bits per heavy atom. The summed E-state index contributed by atoms with van der Waals surface area (Å²) in [5.41, 5.74) is -0.246. The van der Waals surface area contributed by atoms with Crippen LogP contribution >= 0.6 is 23.2 Å². The summed E-state index contributed by atoms with van der Waals surface area (Å²) in [5, 5.41) is 1.22. The summed E-state index contributed by atoms with van der Waals surface area (Å²) in [5.74, 6) is 0.